The third-order valence-corrected chi connectivity index (χ3v) is 7.96. The highest BCUT2D eigenvalue weighted by Crippen LogP contribution is 2.22. The summed E-state index contributed by atoms with van der Waals surface area (Å²) in [7, 11) is -2.23. The number of aromatic nitrogens is 1. The number of hydrogen-bond donors (Lipinski definition) is 0. The molecule has 7 nitrogen and oxygen atoms in total. The molecule has 2 aromatic carbocycles. The van der Waals surface area contributed by atoms with Gasteiger partial charge in [0.2, 0.25) is 5.91 Å². The summed E-state index contributed by atoms with van der Waals surface area (Å²) in [6.45, 7) is -0.0881. The van der Waals surface area contributed by atoms with E-state index in [0.717, 1.165) is 14.7 Å². The van der Waals surface area contributed by atoms with Gasteiger partial charge in [-0.3, -0.25) is 9.59 Å². The smallest absolute Gasteiger partial charge is 0.325 e. The summed E-state index contributed by atoms with van der Waals surface area (Å²) in [4.78, 5) is 28.9. The molecule has 0 fully saturated rings. The predicted molar refractivity (Wildman–Crippen MR) is 123 cm³/mol. The molecule has 11 heteroatoms. The third kappa shape index (κ3) is 6.03. The first kappa shape index (κ1) is 23.6. The Hall–Kier alpha value is -2.01. The van der Waals surface area contributed by atoms with Gasteiger partial charge in [0.05, 0.1) is 28.0 Å². The molecule has 0 aliphatic carbocycles. The van der Waals surface area contributed by atoms with Crippen LogP contribution in [0.1, 0.15) is 12.8 Å². The number of halogens is 2. The quantitative estimate of drug-likeness (QED) is 0.419. The average Bonchev–Trinajstić information content (AvgIpc) is 3.03. The van der Waals surface area contributed by atoms with E-state index in [9.17, 15) is 18.0 Å². The Morgan fingerprint density at radius 3 is 2.58 bits per heavy atom. The number of carbonyl (C=O) groups is 2. The van der Waals surface area contributed by atoms with Crippen LogP contribution in [0, 0.1) is 0 Å². The molecule has 164 valence electrons. The number of benzene rings is 2. The molecule has 3 aromatic rings. The van der Waals surface area contributed by atoms with E-state index < -0.39 is 21.7 Å². The number of amides is 1. The fraction of sp³-hybridized carbons (Fsp3) is 0.250. The zero-order chi connectivity index (χ0) is 22.6. The minimum Gasteiger partial charge on any atom is -0.468 e. The van der Waals surface area contributed by atoms with Gasteiger partial charge in [0.1, 0.15) is 6.54 Å². The van der Waals surface area contributed by atoms with E-state index in [2.05, 4.69) is 20.9 Å². The minimum absolute atomic E-state index is 0.0387. The van der Waals surface area contributed by atoms with Crippen LogP contribution in [0.5, 0.6) is 0 Å². The number of hydrogen-bond acceptors (Lipinski definition) is 6. The largest absolute Gasteiger partial charge is 0.468 e. The number of fused-ring (bicyclic) bond motifs is 1. The molecule has 0 saturated heterocycles. The van der Waals surface area contributed by atoms with Crippen LogP contribution in [0.15, 0.2) is 56.8 Å². The van der Waals surface area contributed by atoms with Gasteiger partial charge in [0, 0.05) is 15.9 Å². The molecule has 31 heavy (non-hydrogen) atoms. The fourth-order valence-corrected chi connectivity index (χ4v) is 5.85. The summed E-state index contributed by atoms with van der Waals surface area (Å²) in [6.07, 6.45) is 0.0870. The lowest BCUT2D eigenvalue weighted by Gasteiger charge is -2.04. The fourth-order valence-electron chi connectivity index (χ4n) is 2.81. The van der Waals surface area contributed by atoms with Gasteiger partial charge in [-0.15, -0.1) is 0 Å². The highest BCUT2D eigenvalue weighted by Gasteiger charge is 2.16. The lowest BCUT2D eigenvalue weighted by atomic mass is 10.3. The molecule has 1 amide bonds. The van der Waals surface area contributed by atoms with E-state index in [1.54, 1.807) is 4.57 Å². The number of sulfone groups is 1. The maximum Gasteiger partial charge on any atom is 0.325 e. The monoisotopic (exact) mass is 544 g/mol. The molecule has 0 aliphatic rings. The molecule has 0 spiro atoms. The van der Waals surface area contributed by atoms with Crippen molar-refractivity contribution in [3.05, 3.63) is 56.8 Å². The van der Waals surface area contributed by atoms with Gasteiger partial charge >= 0.3 is 5.97 Å². The first-order chi connectivity index (χ1) is 14.7. The first-order valence-electron chi connectivity index (χ1n) is 9.11. The number of esters is 1. The molecular formula is C20H18BrClN2O5S2. The van der Waals surface area contributed by atoms with Crippen LogP contribution >= 0.6 is 38.9 Å². The molecule has 1 heterocycles. The van der Waals surface area contributed by atoms with Crippen molar-refractivity contribution in [3.63, 3.8) is 0 Å². The zero-order valence-corrected chi connectivity index (χ0v) is 20.4. The van der Waals surface area contributed by atoms with Gasteiger partial charge in [0.25, 0.3) is 0 Å². The second kappa shape index (κ2) is 10.1. The van der Waals surface area contributed by atoms with Crippen molar-refractivity contribution in [2.45, 2.75) is 24.3 Å². The number of methoxy groups -OCH3 is 1. The molecule has 0 atom stereocenters. The molecule has 0 unspecified atom stereocenters. The van der Waals surface area contributed by atoms with Crippen molar-refractivity contribution >= 4 is 70.8 Å². The topological polar surface area (TPSA) is 94.8 Å². The second-order valence-corrected chi connectivity index (χ2v) is 11.0. The van der Waals surface area contributed by atoms with E-state index in [1.165, 1.54) is 42.7 Å². The third-order valence-electron chi connectivity index (χ3n) is 4.36. The summed E-state index contributed by atoms with van der Waals surface area (Å²) in [5, 5.41) is 0.448. The van der Waals surface area contributed by atoms with Gasteiger partial charge in [-0.2, -0.15) is 4.99 Å². The van der Waals surface area contributed by atoms with Crippen LogP contribution < -0.4 is 4.80 Å². The van der Waals surface area contributed by atoms with E-state index in [1.807, 2.05) is 18.2 Å². The molecule has 1 aromatic heterocycles. The minimum atomic E-state index is -3.52. The Kier molecular flexibility index (Phi) is 7.68. The maximum atomic E-state index is 12.4. The number of thiazole rings is 1. The summed E-state index contributed by atoms with van der Waals surface area (Å²) in [6, 6.07) is 11.4. The lowest BCUT2D eigenvalue weighted by molar-refractivity contribution is -0.141. The Balaban J connectivity index is 1.78. The predicted octanol–water partition coefficient (Wildman–Crippen LogP) is 3.97. The van der Waals surface area contributed by atoms with Crippen LogP contribution in [0.2, 0.25) is 5.02 Å². The van der Waals surface area contributed by atoms with Crippen molar-refractivity contribution in [2.24, 2.45) is 4.99 Å². The molecule has 0 aliphatic heterocycles. The van der Waals surface area contributed by atoms with Crippen LogP contribution in [-0.2, 0) is 30.7 Å². The summed E-state index contributed by atoms with van der Waals surface area (Å²) < 4.78 is 32.9. The van der Waals surface area contributed by atoms with Crippen molar-refractivity contribution < 1.29 is 22.7 Å². The van der Waals surface area contributed by atoms with Crippen molar-refractivity contribution in [1.82, 2.24) is 4.57 Å². The van der Waals surface area contributed by atoms with Crippen LogP contribution in [0.4, 0.5) is 0 Å². The summed E-state index contributed by atoms with van der Waals surface area (Å²) in [5.74, 6) is -1.11. The number of nitrogens with zero attached hydrogens (tertiary/aromatic N) is 2. The van der Waals surface area contributed by atoms with Crippen LogP contribution in [0.3, 0.4) is 0 Å². The number of carbonyl (C=O) groups excluding carboxylic acids is 2. The molecular weight excluding hydrogens is 528 g/mol. The average molecular weight is 546 g/mol. The summed E-state index contributed by atoms with van der Waals surface area (Å²) >= 11 is 10.5. The first-order valence-corrected chi connectivity index (χ1v) is 12.7. The molecule has 0 radical (unpaired) electrons. The van der Waals surface area contributed by atoms with Gasteiger partial charge in [-0.1, -0.05) is 38.9 Å². The normalized spacial score (nSPS) is 12.3. The molecule has 0 N–H and O–H groups in total. The Labute approximate surface area is 196 Å². The molecule has 0 bridgehead atoms. The van der Waals surface area contributed by atoms with Gasteiger partial charge in [0.15, 0.2) is 14.6 Å². The van der Waals surface area contributed by atoms with E-state index in [0.29, 0.717) is 9.82 Å². The van der Waals surface area contributed by atoms with Crippen LogP contribution in [-0.4, -0.2) is 37.7 Å². The zero-order valence-electron chi connectivity index (χ0n) is 16.4. The summed E-state index contributed by atoms with van der Waals surface area (Å²) in [5.41, 5.74) is 0.746. The highest BCUT2D eigenvalue weighted by molar-refractivity contribution is 9.10. The van der Waals surface area contributed by atoms with E-state index >= 15 is 0 Å². The van der Waals surface area contributed by atoms with Gasteiger partial charge in [-0.25, -0.2) is 8.42 Å². The van der Waals surface area contributed by atoms with Crippen LogP contribution in [0.25, 0.3) is 10.2 Å². The SMILES string of the molecule is COC(=O)Cn1c(=NC(=O)CCCS(=O)(=O)c2ccc(Cl)cc2)sc2cc(Br)ccc21. The standard InChI is InChI=1S/C20H18BrClN2O5S2/c1-29-19(26)12-24-16-9-4-13(21)11-17(16)30-20(24)23-18(25)3-2-10-31(27,28)15-7-5-14(22)6-8-15/h4-9,11H,2-3,10,12H2,1H3. The van der Waals surface area contributed by atoms with Crippen molar-refractivity contribution in [1.29, 1.82) is 0 Å². The van der Waals surface area contributed by atoms with Gasteiger partial charge < -0.3 is 9.30 Å². The maximum absolute atomic E-state index is 12.4. The van der Waals surface area contributed by atoms with E-state index in [-0.39, 0.29) is 30.0 Å². The Bertz CT molecular complexity index is 1300. The Morgan fingerprint density at radius 2 is 1.90 bits per heavy atom. The molecule has 0 saturated carbocycles. The molecule has 3 rings (SSSR count). The second-order valence-electron chi connectivity index (χ2n) is 6.54. The van der Waals surface area contributed by atoms with Gasteiger partial charge in [-0.05, 0) is 48.9 Å². The van der Waals surface area contributed by atoms with Crippen molar-refractivity contribution in [3.8, 4) is 0 Å². The Morgan fingerprint density at radius 1 is 1.19 bits per heavy atom. The van der Waals surface area contributed by atoms with E-state index in [4.69, 9.17) is 16.3 Å². The highest BCUT2D eigenvalue weighted by atomic mass is 79.9. The van der Waals surface area contributed by atoms with Crippen molar-refractivity contribution in [2.75, 3.05) is 12.9 Å². The number of ether oxygens (including phenoxy) is 1. The lowest BCUT2D eigenvalue weighted by Crippen LogP contribution is -2.22. The number of rotatable bonds is 7.